The largest absolute Gasteiger partial charge is 0.456 e. The number of para-hydroxylation sites is 1. The molecule has 0 saturated heterocycles. The highest BCUT2D eigenvalue weighted by molar-refractivity contribution is 7.07. The van der Waals surface area contributed by atoms with E-state index in [1.54, 1.807) is 43.3 Å². The Balaban J connectivity index is 1.45. The smallest absolute Gasteiger partial charge is 0.281 e. The van der Waals surface area contributed by atoms with E-state index in [0.717, 1.165) is 11.3 Å². The van der Waals surface area contributed by atoms with Crippen molar-refractivity contribution in [3.8, 4) is 11.3 Å². The van der Waals surface area contributed by atoms with E-state index in [9.17, 15) is 24.1 Å². The van der Waals surface area contributed by atoms with Crippen molar-refractivity contribution in [3.05, 3.63) is 148 Å². The van der Waals surface area contributed by atoms with Crippen molar-refractivity contribution in [1.82, 2.24) is 4.57 Å². The number of amides is 1. The predicted octanol–water partition coefficient (Wildman–Crippen LogP) is 5.83. The van der Waals surface area contributed by atoms with Crippen LogP contribution in [-0.2, 0) is 4.79 Å². The van der Waals surface area contributed by atoms with Gasteiger partial charge in [0.15, 0.2) is 4.80 Å². The first-order valence-corrected chi connectivity index (χ1v) is 14.1. The molecule has 1 N–H and O–H groups in total. The van der Waals surface area contributed by atoms with Crippen LogP contribution in [0.3, 0.4) is 0 Å². The molecular weight excluding hydrogens is 595 g/mol. The van der Waals surface area contributed by atoms with E-state index in [-0.39, 0.29) is 37.9 Å². The maximum atomic E-state index is 13.9. The summed E-state index contributed by atoms with van der Waals surface area (Å²) in [4.78, 5) is 43.4. The summed E-state index contributed by atoms with van der Waals surface area (Å²) >= 11 is 7.04. The molecule has 2 aromatic heterocycles. The Kier molecular flexibility index (Phi) is 7.34. The van der Waals surface area contributed by atoms with Gasteiger partial charge in [-0.05, 0) is 61.0 Å². The van der Waals surface area contributed by atoms with E-state index in [2.05, 4.69) is 10.3 Å². The number of hydrogen-bond acceptors (Lipinski definition) is 7. The number of fused-ring (bicyclic) bond motifs is 1. The van der Waals surface area contributed by atoms with Crippen LogP contribution >= 0.6 is 22.9 Å². The summed E-state index contributed by atoms with van der Waals surface area (Å²) in [6.07, 6.45) is 1.51. The molecule has 5 aromatic rings. The van der Waals surface area contributed by atoms with E-state index in [0.29, 0.717) is 21.7 Å². The molecule has 9 nitrogen and oxygen atoms in total. The molecule has 0 aliphatic carbocycles. The van der Waals surface area contributed by atoms with Crippen LogP contribution in [-0.4, -0.2) is 15.4 Å². The number of benzene rings is 3. The minimum Gasteiger partial charge on any atom is -0.456 e. The van der Waals surface area contributed by atoms with Crippen molar-refractivity contribution in [2.24, 2.45) is 4.99 Å². The number of thiazole rings is 1. The molecule has 3 heterocycles. The van der Waals surface area contributed by atoms with Crippen molar-refractivity contribution in [1.29, 1.82) is 0 Å². The van der Waals surface area contributed by atoms with Crippen LogP contribution in [0.2, 0.25) is 5.02 Å². The van der Waals surface area contributed by atoms with Crippen molar-refractivity contribution >= 4 is 46.3 Å². The first-order chi connectivity index (χ1) is 20.7. The van der Waals surface area contributed by atoms with Gasteiger partial charge in [-0.15, -0.1) is 0 Å². The summed E-state index contributed by atoms with van der Waals surface area (Å²) in [6, 6.07) is 21.0. The van der Waals surface area contributed by atoms with Gasteiger partial charge in [-0.25, -0.2) is 9.38 Å². The average Bonchev–Trinajstić information content (AvgIpc) is 3.57. The molecular formula is C31H20ClFN4O5S. The first-order valence-electron chi connectivity index (χ1n) is 12.9. The van der Waals surface area contributed by atoms with Crippen molar-refractivity contribution in [2.75, 3.05) is 5.32 Å². The van der Waals surface area contributed by atoms with Gasteiger partial charge in [-0.2, -0.15) is 0 Å². The van der Waals surface area contributed by atoms with Crippen molar-refractivity contribution < 1.29 is 18.5 Å². The van der Waals surface area contributed by atoms with Gasteiger partial charge in [-0.1, -0.05) is 53.3 Å². The molecule has 214 valence electrons. The Morgan fingerprint density at radius 1 is 1.12 bits per heavy atom. The van der Waals surface area contributed by atoms with E-state index < -0.39 is 28.2 Å². The highest BCUT2D eigenvalue weighted by Gasteiger charge is 2.32. The number of nitrogens with one attached hydrogen (secondary N) is 1. The second-order valence-electron chi connectivity index (χ2n) is 9.57. The topological polar surface area (TPSA) is 120 Å². The van der Waals surface area contributed by atoms with Crippen LogP contribution in [0.5, 0.6) is 0 Å². The monoisotopic (exact) mass is 614 g/mol. The van der Waals surface area contributed by atoms with Crippen molar-refractivity contribution in [3.63, 3.8) is 0 Å². The second-order valence-corrected chi connectivity index (χ2v) is 11.0. The third kappa shape index (κ3) is 5.43. The standard InChI is InChI=1S/C31H20ClFN4O5S/c1-17-27(29(38)35-21-5-3-2-4-6-21)28(18-7-10-20(33)11-8-18)36-30(39)26(43-31(36)34-17)16-22-12-14-25(42-22)23-13-9-19(32)15-24(23)37(40)41/h2-16,28H,1H3,(H,35,38)/b26-16-/t28-/m1/s1. The number of rotatable bonds is 6. The normalized spacial score (nSPS) is 14.8. The number of carbonyl (C=O) groups excluding carboxylic acids is 1. The molecule has 0 fully saturated rings. The van der Waals surface area contributed by atoms with Crippen LogP contribution in [0.1, 0.15) is 24.3 Å². The average molecular weight is 615 g/mol. The first kappa shape index (κ1) is 28.0. The minimum absolute atomic E-state index is 0.214. The van der Waals surface area contributed by atoms with Crippen LogP contribution in [0, 0.1) is 15.9 Å². The van der Waals surface area contributed by atoms with Gasteiger partial charge in [0.05, 0.1) is 32.3 Å². The quantitative estimate of drug-likeness (QED) is 0.190. The number of furan rings is 1. The van der Waals surface area contributed by atoms with Gasteiger partial charge in [0.1, 0.15) is 17.3 Å². The molecule has 43 heavy (non-hydrogen) atoms. The molecule has 0 spiro atoms. The van der Waals surface area contributed by atoms with Gasteiger partial charge in [0.25, 0.3) is 17.2 Å². The zero-order valence-electron chi connectivity index (χ0n) is 22.3. The van der Waals surface area contributed by atoms with Crippen LogP contribution in [0.4, 0.5) is 15.8 Å². The Morgan fingerprint density at radius 2 is 1.86 bits per heavy atom. The Labute approximate surface area is 251 Å². The van der Waals surface area contributed by atoms with Crippen LogP contribution in [0.25, 0.3) is 17.4 Å². The fourth-order valence-corrected chi connectivity index (χ4v) is 6.05. The Morgan fingerprint density at radius 3 is 2.58 bits per heavy atom. The zero-order chi connectivity index (χ0) is 30.2. The summed E-state index contributed by atoms with van der Waals surface area (Å²) < 4.78 is 21.4. The van der Waals surface area contributed by atoms with Gasteiger partial charge < -0.3 is 9.73 Å². The molecule has 12 heteroatoms. The van der Waals surface area contributed by atoms with E-state index >= 15 is 0 Å². The van der Waals surface area contributed by atoms with E-state index in [1.807, 2.05) is 6.07 Å². The van der Waals surface area contributed by atoms with Gasteiger partial charge >= 0.3 is 0 Å². The summed E-state index contributed by atoms with van der Waals surface area (Å²) in [7, 11) is 0. The maximum absolute atomic E-state index is 13.9. The molecule has 0 radical (unpaired) electrons. The Bertz CT molecular complexity index is 2120. The second kappa shape index (κ2) is 11.3. The number of allylic oxidation sites excluding steroid dienone is 1. The van der Waals surface area contributed by atoms with Gasteiger partial charge in [0, 0.05) is 22.9 Å². The number of halogens is 2. The fourth-order valence-electron chi connectivity index (χ4n) is 4.86. The van der Waals surface area contributed by atoms with Gasteiger partial charge in [-0.3, -0.25) is 24.3 Å². The summed E-state index contributed by atoms with van der Waals surface area (Å²) in [6.45, 7) is 1.69. The lowest BCUT2D eigenvalue weighted by Crippen LogP contribution is -2.40. The van der Waals surface area contributed by atoms with E-state index in [1.165, 1.54) is 53.1 Å². The lowest BCUT2D eigenvalue weighted by molar-refractivity contribution is -0.384. The van der Waals surface area contributed by atoms with Crippen molar-refractivity contribution in [2.45, 2.75) is 13.0 Å². The fraction of sp³-hybridized carbons (Fsp3) is 0.0645. The molecule has 1 atom stereocenters. The lowest BCUT2D eigenvalue weighted by Gasteiger charge is -2.25. The highest BCUT2D eigenvalue weighted by atomic mass is 35.5. The van der Waals surface area contributed by atoms with Crippen LogP contribution in [0.15, 0.2) is 110 Å². The number of carbonyl (C=O) groups is 1. The predicted molar refractivity (Wildman–Crippen MR) is 161 cm³/mol. The summed E-state index contributed by atoms with van der Waals surface area (Å²) in [5.41, 5.74) is 1.32. The molecule has 6 rings (SSSR count). The SMILES string of the molecule is CC1=C(C(=O)Nc2ccccc2)[C@@H](c2ccc(F)cc2)n2c(s/c(=C\c3ccc(-c4ccc(Cl)cc4[N+](=O)[O-])o3)c2=O)=N1. The molecule has 3 aromatic carbocycles. The molecule has 1 aliphatic heterocycles. The third-order valence-corrected chi connectivity index (χ3v) is 8.02. The number of nitrogens with zero attached hydrogens (tertiary/aromatic N) is 3. The molecule has 1 amide bonds. The summed E-state index contributed by atoms with van der Waals surface area (Å²) in [5, 5.41) is 14.6. The highest BCUT2D eigenvalue weighted by Crippen LogP contribution is 2.34. The number of aromatic nitrogens is 1. The molecule has 1 aliphatic rings. The Hall–Kier alpha value is -5.13. The number of nitro groups is 1. The zero-order valence-corrected chi connectivity index (χ0v) is 23.9. The molecule has 0 unspecified atom stereocenters. The molecule has 0 bridgehead atoms. The van der Waals surface area contributed by atoms with Gasteiger partial charge in [0.2, 0.25) is 0 Å². The lowest BCUT2D eigenvalue weighted by atomic mass is 9.95. The number of nitro benzene ring substituents is 1. The number of anilines is 1. The molecule has 0 saturated carbocycles. The van der Waals surface area contributed by atoms with E-state index in [4.69, 9.17) is 16.0 Å². The minimum atomic E-state index is -0.883. The third-order valence-electron chi connectivity index (χ3n) is 6.81. The maximum Gasteiger partial charge on any atom is 0.281 e. The van der Waals surface area contributed by atoms with Crippen LogP contribution < -0.4 is 20.2 Å². The summed E-state index contributed by atoms with van der Waals surface area (Å²) in [5.74, 6) is -0.402. The number of hydrogen-bond donors (Lipinski definition) is 1.